The molecule has 2 rings (SSSR count). The van der Waals surface area contributed by atoms with Crippen LogP contribution in [0.4, 0.5) is 0 Å². The number of hydrogen-bond donors (Lipinski definition) is 4. The van der Waals surface area contributed by atoms with E-state index in [9.17, 15) is 15.3 Å². The minimum atomic E-state index is -0.0881. The zero-order valence-corrected chi connectivity index (χ0v) is 10.5. The lowest BCUT2D eigenvalue weighted by atomic mass is 9.97. The normalized spacial score (nSPS) is 23.4. The Balaban J connectivity index is 1.79. The molecule has 0 spiro atoms. The Morgan fingerprint density at radius 3 is 2.61 bits per heavy atom. The number of aliphatic hydroxyl groups is 1. The molecule has 0 aliphatic heterocycles. The average molecular weight is 251 g/mol. The molecular weight excluding hydrogens is 230 g/mol. The first-order valence-corrected chi connectivity index (χ1v) is 6.53. The number of phenols is 2. The van der Waals surface area contributed by atoms with E-state index >= 15 is 0 Å². The van der Waals surface area contributed by atoms with E-state index < -0.39 is 0 Å². The molecule has 0 saturated heterocycles. The fourth-order valence-electron chi connectivity index (χ4n) is 2.70. The van der Waals surface area contributed by atoms with Crippen molar-refractivity contribution in [1.82, 2.24) is 5.32 Å². The zero-order valence-electron chi connectivity index (χ0n) is 10.5. The van der Waals surface area contributed by atoms with Crippen LogP contribution in [0, 0.1) is 11.8 Å². The molecule has 0 bridgehead atoms. The molecule has 100 valence electrons. The highest BCUT2D eigenvalue weighted by atomic mass is 16.3. The van der Waals surface area contributed by atoms with Gasteiger partial charge in [0.1, 0.15) is 0 Å². The first-order chi connectivity index (χ1) is 8.70. The zero-order chi connectivity index (χ0) is 13.0. The van der Waals surface area contributed by atoms with Gasteiger partial charge in [0, 0.05) is 13.2 Å². The number of aromatic hydroxyl groups is 2. The van der Waals surface area contributed by atoms with Crippen LogP contribution < -0.4 is 5.32 Å². The van der Waals surface area contributed by atoms with Gasteiger partial charge in [-0.05, 0) is 48.9 Å². The molecule has 1 aromatic rings. The van der Waals surface area contributed by atoms with Crippen LogP contribution in [-0.2, 0) is 6.54 Å². The van der Waals surface area contributed by atoms with Crippen molar-refractivity contribution in [1.29, 1.82) is 0 Å². The van der Waals surface area contributed by atoms with Crippen LogP contribution in [0.25, 0.3) is 0 Å². The van der Waals surface area contributed by atoms with Crippen LogP contribution in [0.5, 0.6) is 11.5 Å². The summed E-state index contributed by atoms with van der Waals surface area (Å²) >= 11 is 0. The van der Waals surface area contributed by atoms with Crippen molar-refractivity contribution in [2.75, 3.05) is 13.2 Å². The predicted octanol–water partition coefficient (Wildman–Crippen LogP) is 1.60. The second-order valence-electron chi connectivity index (χ2n) is 5.09. The van der Waals surface area contributed by atoms with E-state index in [1.807, 2.05) is 0 Å². The summed E-state index contributed by atoms with van der Waals surface area (Å²) in [4.78, 5) is 0. The molecule has 2 unspecified atom stereocenters. The van der Waals surface area contributed by atoms with Crippen molar-refractivity contribution >= 4 is 0 Å². The molecule has 1 aromatic carbocycles. The highest BCUT2D eigenvalue weighted by Gasteiger charge is 2.25. The molecule has 1 aliphatic carbocycles. The number of rotatable bonds is 5. The monoisotopic (exact) mass is 251 g/mol. The van der Waals surface area contributed by atoms with Gasteiger partial charge in [-0.1, -0.05) is 12.5 Å². The fraction of sp³-hybridized carbons (Fsp3) is 0.571. The molecule has 0 amide bonds. The van der Waals surface area contributed by atoms with Gasteiger partial charge in [0.15, 0.2) is 11.5 Å². The van der Waals surface area contributed by atoms with E-state index in [2.05, 4.69) is 5.32 Å². The molecule has 1 aliphatic rings. The molecule has 1 fully saturated rings. The molecule has 4 heteroatoms. The molecule has 2 atom stereocenters. The summed E-state index contributed by atoms with van der Waals surface area (Å²) in [5.74, 6) is 0.824. The molecule has 1 saturated carbocycles. The summed E-state index contributed by atoms with van der Waals surface area (Å²) in [7, 11) is 0. The maximum atomic E-state index is 9.38. The van der Waals surface area contributed by atoms with E-state index in [-0.39, 0.29) is 18.1 Å². The summed E-state index contributed by atoms with van der Waals surface area (Å²) in [5.41, 5.74) is 0.948. The molecular formula is C14H21NO3. The third-order valence-corrected chi connectivity index (χ3v) is 3.83. The minimum Gasteiger partial charge on any atom is -0.504 e. The van der Waals surface area contributed by atoms with Crippen molar-refractivity contribution in [3.8, 4) is 11.5 Å². The second kappa shape index (κ2) is 6.07. The Hall–Kier alpha value is -1.26. The third-order valence-electron chi connectivity index (χ3n) is 3.83. The first kappa shape index (κ1) is 13.2. The molecule has 4 N–H and O–H groups in total. The van der Waals surface area contributed by atoms with E-state index in [1.54, 1.807) is 12.1 Å². The lowest BCUT2D eigenvalue weighted by Crippen LogP contribution is -2.26. The smallest absolute Gasteiger partial charge is 0.157 e. The summed E-state index contributed by atoms with van der Waals surface area (Å²) in [6, 6.07) is 4.86. The topological polar surface area (TPSA) is 72.7 Å². The number of hydrogen-bond acceptors (Lipinski definition) is 4. The van der Waals surface area contributed by atoms with Gasteiger partial charge < -0.3 is 20.6 Å². The van der Waals surface area contributed by atoms with Gasteiger partial charge in [-0.3, -0.25) is 0 Å². The van der Waals surface area contributed by atoms with E-state index in [1.165, 1.54) is 18.9 Å². The quantitative estimate of drug-likeness (QED) is 0.600. The Kier molecular flexibility index (Phi) is 4.44. The highest BCUT2D eigenvalue weighted by Crippen LogP contribution is 2.30. The van der Waals surface area contributed by atoms with Gasteiger partial charge in [0.2, 0.25) is 0 Å². The third kappa shape index (κ3) is 3.15. The molecule has 0 heterocycles. The summed E-state index contributed by atoms with van der Waals surface area (Å²) in [5, 5.41) is 31.2. The van der Waals surface area contributed by atoms with Crippen LogP contribution in [0.3, 0.4) is 0 Å². The van der Waals surface area contributed by atoms with Crippen LogP contribution in [0.15, 0.2) is 18.2 Å². The molecule has 18 heavy (non-hydrogen) atoms. The first-order valence-electron chi connectivity index (χ1n) is 6.53. The Labute approximate surface area is 107 Å². The van der Waals surface area contributed by atoms with Crippen LogP contribution in [-0.4, -0.2) is 28.5 Å². The van der Waals surface area contributed by atoms with E-state index in [0.29, 0.717) is 18.4 Å². The minimum absolute atomic E-state index is 0.0802. The second-order valence-corrected chi connectivity index (χ2v) is 5.09. The molecule has 0 aromatic heterocycles. The maximum Gasteiger partial charge on any atom is 0.157 e. The van der Waals surface area contributed by atoms with Gasteiger partial charge in [0.25, 0.3) is 0 Å². The van der Waals surface area contributed by atoms with Crippen LogP contribution >= 0.6 is 0 Å². The van der Waals surface area contributed by atoms with Gasteiger partial charge in [-0.2, -0.15) is 0 Å². The lowest BCUT2D eigenvalue weighted by molar-refractivity contribution is 0.192. The number of nitrogens with one attached hydrogen (secondary N) is 1. The molecule has 0 radical (unpaired) electrons. The fourth-order valence-corrected chi connectivity index (χ4v) is 2.70. The van der Waals surface area contributed by atoms with Crippen LogP contribution in [0.2, 0.25) is 0 Å². The van der Waals surface area contributed by atoms with Crippen molar-refractivity contribution < 1.29 is 15.3 Å². The van der Waals surface area contributed by atoms with Gasteiger partial charge >= 0.3 is 0 Å². The Morgan fingerprint density at radius 1 is 1.11 bits per heavy atom. The summed E-state index contributed by atoms with van der Waals surface area (Å²) in [6.07, 6.45) is 3.51. The summed E-state index contributed by atoms with van der Waals surface area (Å²) < 4.78 is 0. The van der Waals surface area contributed by atoms with Crippen molar-refractivity contribution in [3.63, 3.8) is 0 Å². The van der Waals surface area contributed by atoms with Gasteiger partial charge in [0.05, 0.1) is 0 Å². The van der Waals surface area contributed by atoms with Crippen molar-refractivity contribution in [3.05, 3.63) is 23.8 Å². The largest absolute Gasteiger partial charge is 0.504 e. The summed E-state index contributed by atoms with van der Waals surface area (Å²) in [6.45, 7) is 1.85. The van der Waals surface area contributed by atoms with Gasteiger partial charge in [-0.25, -0.2) is 0 Å². The SMILES string of the molecule is OCC1CCCC1CNCc1ccc(O)c(O)c1. The standard InChI is InChI=1S/C14H21NO3/c16-9-12-3-1-2-11(12)8-15-7-10-4-5-13(17)14(18)6-10/h4-6,11-12,15-18H,1-3,7-9H2. The Bertz CT molecular complexity index is 395. The molecule has 4 nitrogen and oxygen atoms in total. The number of aliphatic hydroxyl groups excluding tert-OH is 1. The van der Waals surface area contributed by atoms with Crippen molar-refractivity contribution in [2.24, 2.45) is 11.8 Å². The van der Waals surface area contributed by atoms with E-state index in [0.717, 1.165) is 18.5 Å². The van der Waals surface area contributed by atoms with E-state index in [4.69, 9.17) is 0 Å². The van der Waals surface area contributed by atoms with Crippen LogP contribution in [0.1, 0.15) is 24.8 Å². The lowest BCUT2D eigenvalue weighted by Gasteiger charge is -2.17. The van der Waals surface area contributed by atoms with Crippen molar-refractivity contribution in [2.45, 2.75) is 25.8 Å². The number of phenolic OH excluding ortho intramolecular Hbond substituents is 2. The average Bonchev–Trinajstić information content (AvgIpc) is 2.81. The number of benzene rings is 1. The van der Waals surface area contributed by atoms with Gasteiger partial charge in [-0.15, -0.1) is 0 Å². The maximum absolute atomic E-state index is 9.38. The highest BCUT2D eigenvalue weighted by molar-refractivity contribution is 5.40. The Morgan fingerprint density at radius 2 is 1.89 bits per heavy atom. The predicted molar refractivity (Wildman–Crippen MR) is 69.4 cm³/mol.